The number of aryl methyl sites for hydroxylation is 2. The van der Waals surface area contributed by atoms with Crippen LogP contribution in [0.1, 0.15) is 31.8 Å². The number of hydrogen-bond donors (Lipinski definition) is 2. The van der Waals surface area contributed by atoms with E-state index in [9.17, 15) is 19.8 Å². The summed E-state index contributed by atoms with van der Waals surface area (Å²) in [6, 6.07) is 12.7. The van der Waals surface area contributed by atoms with Crippen LogP contribution in [0.2, 0.25) is 0 Å². The number of aromatic nitrogens is 1. The number of fused-ring (bicyclic) bond motifs is 2. The fraction of sp³-hybridized carbons (Fsp3) is 0.125. The van der Waals surface area contributed by atoms with Crippen molar-refractivity contribution in [1.82, 2.24) is 4.98 Å². The molecule has 7 nitrogen and oxygen atoms in total. The lowest BCUT2D eigenvalue weighted by Crippen LogP contribution is -2.13. The van der Waals surface area contributed by atoms with Crippen molar-refractivity contribution in [1.29, 1.82) is 0 Å². The standard InChI is InChI=1S/C24H19NO6/c1-12-8-14(23(27)28)9-13(2)22(12)31-24(29)21-17-10-15(26)4-6-19(17)25-20-7-5-16(30-3)11-18(20)21/h4-11,26H,1-3H3,(H,27,28). The van der Waals surface area contributed by atoms with Crippen LogP contribution in [0, 0.1) is 13.8 Å². The number of carboxylic acids is 1. The Bertz CT molecular complexity index is 1350. The molecule has 4 aromatic rings. The minimum Gasteiger partial charge on any atom is -0.508 e. The van der Waals surface area contributed by atoms with Gasteiger partial charge in [-0.15, -0.1) is 0 Å². The second-order valence-electron chi connectivity index (χ2n) is 7.21. The summed E-state index contributed by atoms with van der Waals surface area (Å²) in [5, 5.41) is 20.2. The molecule has 7 heteroatoms. The van der Waals surface area contributed by atoms with E-state index in [1.807, 2.05) is 0 Å². The minimum atomic E-state index is -1.06. The highest BCUT2D eigenvalue weighted by molar-refractivity contribution is 6.15. The third kappa shape index (κ3) is 3.61. The molecule has 0 radical (unpaired) electrons. The summed E-state index contributed by atoms with van der Waals surface area (Å²) in [5.41, 5.74) is 2.49. The van der Waals surface area contributed by atoms with E-state index in [1.165, 1.54) is 31.4 Å². The molecule has 0 saturated carbocycles. The monoisotopic (exact) mass is 417 g/mol. The van der Waals surface area contributed by atoms with E-state index in [2.05, 4.69) is 4.98 Å². The zero-order chi connectivity index (χ0) is 22.3. The first-order chi connectivity index (χ1) is 14.8. The number of benzene rings is 3. The van der Waals surface area contributed by atoms with Crippen LogP contribution in [0.5, 0.6) is 17.2 Å². The number of hydrogen-bond acceptors (Lipinski definition) is 6. The van der Waals surface area contributed by atoms with Gasteiger partial charge in [0.05, 0.1) is 29.3 Å². The molecule has 0 atom stereocenters. The molecule has 1 heterocycles. The minimum absolute atomic E-state index is 0.0104. The Balaban J connectivity index is 1.92. The van der Waals surface area contributed by atoms with Crippen LogP contribution in [0.15, 0.2) is 48.5 Å². The summed E-state index contributed by atoms with van der Waals surface area (Å²) in [7, 11) is 1.52. The zero-order valence-corrected chi connectivity index (χ0v) is 17.1. The van der Waals surface area contributed by atoms with Gasteiger partial charge in [0, 0.05) is 10.8 Å². The quantitative estimate of drug-likeness (QED) is 0.283. The number of phenolic OH excluding ortho intramolecular Hbond substituents is 1. The SMILES string of the molecule is COc1ccc2nc3ccc(O)cc3c(C(=O)Oc3c(C)cc(C(=O)O)cc3C)c2c1. The summed E-state index contributed by atoms with van der Waals surface area (Å²) >= 11 is 0. The molecule has 0 spiro atoms. The second-order valence-corrected chi connectivity index (χ2v) is 7.21. The summed E-state index contributed by atoms with van der Waals surface area (Å²) in [6.45, 7) is 3.36. The first kappa shape index (κ1) is 20.2. The molecule has 156 valence electrons. The van der Waals surface area contributed by atoms with E-state index < -0.39 is 11.9 Å². The molecule has 31 heavy (non-hydrogen) atoms. The van der Waals surface area contributed by atoms with Crippen LogP contribution in [0.25, 0.3) is 21.8 Å². The van der Waals surface area contributed by atoms with Crippen LogP contribution in [-0.2, 0) is 0 Å². The molecular weight excluding hydrogens is 398 g/mol. The number of carbonyl (C=O) groups is 2. The summed E-state index contributed by atoms with van der Waals surface area (Å²) in [5.74, 6) is -0.885. The van der Waals surface area contributed by atoms with Crippen molar-refractivity contribution in [3.8, 4) is 17.2 Å². The van der Waals surface area contributed by atoms with E-state index >= 15 is 0 Å². The molecule has 0 unspecified atom stereocenters. The van der Waals surface area contributed by atoms with Crippen molar-refractivity contribution in [2.75, 3.05) is 7.11 Å². The van der Waals surface area contributed by atoms with Gasteiger partial charge in [0.2, 0.25) is 0 Å². The smallest absolute Gasteiger partial charge is 0.344 e. The van der Waals surface area contributed by atoms with Crippen molar-refractivity contribution < 1.29 is 29.3 Å². The van der Waals surface area contributed by atoms with E-state index in [0.717, 1.165) is 0 Å². The molecule has 0 fully saturated rings. The highest BCUT2D eigenvalue weighted by Crippen LogP contribution is 2.33. The van der Waals surface area contributed by atoms with Crippen molar-refractivity contribution in [2.45, 2.75) is 13.8 Å². The van der Waals surface area contributed by atoms with Crippen LogP contribution < -0.4 is 9.47 Å². The molecule has 0 aliphatic rings. The van der Waals surface area contributed by atoms with Crippen molar-refractivity contribution in [3.05, 3.63) is 70.8 Å². The fourth-order valence-electron chi connectivity index (χ4n) is 3.63. The Morgan fingerprint density at radius 2 is 1.52 bits per heavy atom. The van der Waals surface area contributed by atoms with Gasteiger partial charge in [-0.3, -0.25) is 0 Å². The van der Waals surface area contributed by atoms with E-state index in [1.54, 1.807) is 38.1 Å². The number of aromatic hydroxyl groups is 1. The number of rotatable bonds is 4. The number of methoxy groups -OCH3 is 1. The Labute approximate surface area is 177 Å². The van der Waals surface area contributed by atoms with Crippen molar-refractivity contribution in [3.63, 3.8) is 0 Å². The molecule has 0 aliphatic carbocycles. The third-order valence-corrected chi connectivity index (χ3v) is 5.07. The number of carbonyl (C=O) groups excluding carboxylic acids is 1. The van der Waals surface area contributed by atoms with Crippen LogP contribution in [-0.4, -0.2) is 34.2 Å². The molecule has 0 amide bonds. The normalized spacial score (nSPS) is 10.9. The lowest BCUT2D eigenvalue weighted by atomic mass is 10.0. The van der Waals surface area contributed by atoms with Crippen molar-refractivity contribution in [2.24, 2.45) is 0 Å². The highest BCUT2D eigenvalue weighted by Gasteiger charge is 2.21. The molecule has 3 aromatic carbocycles. The number of pyridine rings is 1. The number of carboxylic acid groups (broad SMARTS) is 1. The maximum absolute atomic E-state index is 13.4. The molecule has 1 aromatic heterocycles. The Morgan fingerprint density at radius 1 is 0.903 bits per heavy atom. The lowest BCUT2D eigenvalue weighted by Gasteiger charge is -2.15. The maximum Gasteiger partial charge on any atom is 0.344 e. The maximum atomic E-state index is 13.4. The Morgan fingerprint density at radius 3 is 2.13 bits per heavy atom. The van der Waals surface area contributed by atoms with Crippen LogP contribution in [0.3, 0.4) is 0 Å². The molecule has 0 saturated heterocycles. The van der Waals surface area contributed by atoms with Gasteiger partial charge >= 0.3 is 11.9 Å². The topological polar surface area (TPSA) is 106 Å². The van der Waals surface area contributed by atoms with Crippen LogP contribution >= 0.6 is 0 Å². The molecule has 0 aliphatic heterocycles. The van der Waals surface area contributed by atoms with Crippen molar-refractivity contribution >= 4 is 33.7 Å². The first-order valence-corrected chi connectivity index (χ1v) is 9.45. The average Bonchev–Trinajstić information content (AvgIpc) is 2.73. The van der Waals surface area contributed by atoms with Gasteiger partial charge < -0.3 is 19.7 Å². The lowest BCUT2D eigenvalue weighted by molar-refractivity contribution is 0.0696. The zero-order valence-electron chi connectivity index (χ0n) is 17.1. The van der Waals surface area contributed by atoms with Gasteiger partial charge in [0.15, 0.2) is 0 Å². The number of nitrogens with zero attached hydrogens (tertiary/aromatic N) is 1. The van der Waals surface area contributed by atoms with Gasteiger partial charge in [-0.1, -0.05) is 0 Å². The number of aromatic carboxylic acids is 1. The molecule has 2 N–H and O–H groups in total. The molecular formula is C24H19NO6. The predicted molar refractivity (Wildman–Crippen MR) is 115 cm³/mol. The number of phenols is 1. The molecule has 4 rings (SSSR count). The predicted octanol–water partition coefficient (Wildman–Crippen LogP) is 4.64. The number of ether oxygens (including phenoxy) is 2. The van der Waals surface area contributed by atoms with E-state index in [-0.39, 0.29) is 22.6 Å². The summed E-state index contributed by atoms with van der Waals surface area (Å²) in [6.07, 6.45) is 0. The van der Waals surface area contributed by atoms with Gasteiger partial charge in [0.25, 0.3) is 0 Å². The van der Waals surface area contributed by atoms with Gasteiger partial charge in [-0.25, -0.2) is 14.6 Å². The van der Waals surface area contributed by atoms with E-state index in [4.69, 9.17) is 9.47 Å². The average molecular weight is 417 g/mol. The van der Waals surface area contributed by atoms with Gasteiger partial charge in [-0.05, 0) is 73.5 Å². The fourth-order valence-corrected chi connectivity index (χ4v) is 3.63. The summed E-state index contributed by atoms with van der Waals surface area (Å²) < 4.78 is 11.0. The van der Waals surface area contributed by atoms with Gasteiger partial charge in [0.1, 0.15) is 17.2 Å². The Hall–Kier alpha value is -4.13. The third-order valence-electron chi connectivity index (χ3n) is 5.07. The largest absolute Gasteiger partial charge is 0.508 e. The van der Waals surface area contributed by atoms with Crippen LogP contribution in [0.4, 0.5) is 0 Å². The van der Waals surface area contributed by atoms with Gasteiger partial charge in [-0.2, -0.15) is 0 Å². The Kier molecular flexibility index (Phi) is 4.94. The van der Waals surface area contributed by atoms with E-state index in [0.29, 0.717) is 38.7 Å². The number of esters is 1. The highest BCUT2D eigenvalue weighted by atomic mass is 16.5. The second kappa shape index (κ2) is 7.60. The summed E-state index contributed by atoms with van der Waals surface area (Å²) in [4.78, 5) is 29.3. The first-order valence-electron chi connectivity index (χ1n) is 9.45. The molecule has 0 bridgehead atoms.